The smallest absolute Gasteiger partial charge is 0.233 e. The summed E-state index contributed by atoms with van der Waals surface area (Å²) in [5.74, 6) is 3.39. The standard InChI is InChI=1S/C21H30N4O3S/c1-4-25(13-16-9-10-17(27-2)18(11-16)28-3)20(26)14-29-21-22-19(23-24-21)12-15-7-5-6-8-15/h9-11,15H,4-8,12-14H2,1-3H3,(H,22,23,24). The van der Waals surface area contributed by atoms with Gasteiger partial charge >= 0.3 is 0 Å². The van der Waals surface area contributed by atoms with Crippen LogP contribution in [0.4, 0.5) is 0 Å². The Morgan fingerprint density at radius 1 is 1.24 bits per heavy atom. The zero-order valence-corrected chi connectivity index (χ0v) is 18.3. The number of carbonyl (C=O) groups is 1. The van der Waals surface area contributed by atoms with Crippen molar-refractivity contribution in [1.82, 2.24) is 20.1 Å². The quantitative estimate of drug-likeness (QED) is 0.593. The zero-order valence-electron chi connectivity index (χ0n) is 17.4. The maximum absolute atomic E-state index is 12.7. The number of methoxy groups -OCH3 is 2. The van der Waals surface area contributed by atoms with Crippen LogP contribution in [0.5, 0.6) is 11.5 Å². The molecular formula is C21H30N4O3S. The van der Waals surface area contributed by atoms with Gasteiger partial charge in [-0.25, -0.2) is 4.98 Å². The highest BCUT2D eigenvalue weighted by Gasteiger charge is 2.19. The third-order valence-electron chi connectivity index (χ3n) is 5.35. The molecule has 1 aromatic carbocycles. The van der Waals surface area contributed by atoms with Crippen molar-refractivity contribution in [3.63, 3.8) is 0 Å². The van der Waals surface area contributed by atoms with Crippen molar-refractivity contribution >= 4 is 17.7 Å². The molecule has 1 heterocycles. The van der Waals surface area contributed by atoms with Crippen LogP contribution < -0.4 is 9.47 Å². The van der Waals surface area contributed by atoms with Crippen LogP contribution in [0.25, 0.3) is 0 Å². The minimum Gasteiger partial charge on any atom is -0.493 e. The fourth-order valence-corrected chi connectivity index (χ4v) is 4.43. The molecule has 8 heteroatoms. The van der Waals surface area contributed by atoms with Crippen LogP contribution >= 0.6 is 11.8 Å². The van der Waals surface area contributed by atoms with E-state index in [1.54, 1.807) is 14.2 Å². The number of aromatic amines is 1. The summed E-state index contributed by atoms with van der Waals surface area (Å²) in [6.45, 7) is 3.14. The maximum atomic E-state index is 12.7. The van der Waals surface area contributed by atoms with E-state index in [1.807, 2.05) is 30.0 Å². The van der Waals surface area contributed by atoms with E-state index in [0.29, 0.717) is 35.5 Å². The van der Waals surface area contributed by atoms with E-state index in [4.69, 9.17) is 9.47 Å². The number of hydrogen-bond acceptors (Lipinski definition) is 6. The van der Waals surface area contributed by atoms with E-state index in [-0.39, 0.29) is 5.91 Å². The average molecular weight is 419 g/mol. The van der Waals surface area contributed by atoms with E-state index in [1.165, 1.54) is 37.4 Å². The molecule has 1 saturated carbocycles. The Morgan fingerprint density at radius 3 is 2.69 bits per heavy atom. The van der Waals surface area contributed by atoms with Crippen LogP contribution in [0.3, 0.4) is 0 Å². The first kappa shape index (κ1) is 21.5. The van der Waals surface area contributed by atoms with Gasteiger partial charge in [-0.05, 0) is 30.5 Å². The lowest BCUT2D eigenvalue weighted by atomic mass is 10.0. The van der Waals surface area contributed by atoms with Gasteiger partial charge in [-0.3, -0.25) is 9.89 Å². The number of benzene rings is 1. The van der Waals surface area contributed by atoms with Gasteiger partial charge in [0.15, 0.2) is 11.5 Å². The summed E-state index contributed by atoms with van der Waals surface area (Å²) in [6.07, 6.45) is 6.16. The molecule has 158 valence electrons. The molecule has 1 fully saturated rings. The second-order valence-electron chi connectivity index (χ2n) is 7.31. The predicted molar refractivity (Wildman–Crippen MR) is 113 cm³/mol. The molecule has 1 aromatic heterocycles. The van der Waals surface area contributed by atoms with Gasteiger partial charge < -0.3 is 14.4 Å². The van der Waals surface area contributed by atoms with Gasteiger partial charge in [0.1, 0.15) is 5.82 Å². The Morgan fingerprint density at radius 2 is 2.00 bits per heavy atom. The van der Waals surface area contributed by atoms with Crippen molar-refractivity contribution < 1.29 is 14.3 Å². The highest BCUT2D eigenvalue weighted by molar-refractivity contribution is 7.99. The third kappa shape index (κ3) is 5.88. The van der Waals surface area contributed by atoms with E-state index < -0.39 is 0 Å². The summed E-state index contributed by atoms with van der Waals surface area (Å²) in [6, 6.07) is 5.72. The van der Waals surface area contributed by atoms with Gasteiger partial charge in [-0.1, -0.05) is 43.5 Å². The highest BCUT2D eigenvalue weighted by atomic mass is 32.2. The maximum Gasteiger partial charge on any atom is 0.233 e. The van der Waals surface area contributed by atoms with Crippen molar-refractivity contribution in [2.24, 2.45) is 5.92 Å². The van der Waals surface area contributed by atoms with Crippen LogP contribution in [0.2, 0.25) is 0 Å². The fourth-order valence-electron chi connectivity index (χ4n) is 3.71. The lowest BCUT2D eigenvalue weighted by Gasteiger charge is -2.21. The monoisotopic (exact) mass is 418 g/mol. The van der Waals surface area contributed by atoms with E-state index in [0.717, 1.165) is 23.7 Å². The van der Waals surface area contributed by atoms with E-state index >= 15 is 0 Å². The zero-order chi connectivity index (χ0) is 20.6. The van der Waals surface area contributed by atoms with E-state index in [9.17, 15) is 4.79 Å². The summed E-state index contributed by atoms with van der Waals surface area (Å²) < 4.78 is 10.6. The molecule has 0 unspecified atom stereocenters. The largest absolute Gasteiger partial charge is 0.493 e. The van der Waals surface area contributed by atoms with Gasteiger partial charge in [-0.2, -0.15) is 0 Å². The molecule has 3 rings (SSSR count). The Balaban J connectivity index is 1.52. The van der Waals surface area contributed by atoms with Gasteiger partial charge in [0, 0.05) is 19.5 Å². The second-order valence-corrected chi connectivity index (χ2v) is 8.25. The molecule has 0 aliphatic heterocycles. The molecule has 0 saturated heterocycles. The summed E-state index contributed by atoms with van der Waals surface area (Å²) in [5, 5.41) is 7.94. The van der Waals surface area contributed by atoms with Crippen molar-refractivity contribution in [2.45, 2.75) is 50.7 Å². The van der Waals surface area contributed by atoms with Gasteiger partial charge in [-0.15, -0.1) is 5.10 Å². The van der Waals surface area contributed by atoms with Gasteiger partial charge in [0.2, 0.25) is 11.1 Å². The van der Waals surface area contributed by atoms with Gasteiger partial charge in [0.05, 0.1) is 20.0 Å². The molecule has 1 aliphatic rings. The lowest BCUT2D eigenvalue weighted by Crippen LogP contribution is -2.31. The van der Waals surface area contributed by atoms with Crippen LogP contribution in [-0.4, -0.2) is 52.5 Å². The number of nitrogens with zero attached hydrogens (tertiary/aromatic N) is 3. The minimum absolute atomic E-state index is 0.0643. The van der Waals surface area contributed by atoms with Crippen LogP contribution in [-0.2, 0) is 17.8 Å². The molecule has 0 spiro atoms. The van der Waals surface area contributed by atoms with Crippen LogP contribution in [0.15, 0.2) is 23.4 Å². The Kier molecular flexibility index (Phi) is 7.80. The number of ether oxygens (including phenoxy) is 2. The van der Waals surface area contributed by atoms with Gasteiger partial charge in [0.25, 0.3) is 0 Å². The molecule has 7 nitrogen and oxygen atoms in total. The number of thioether (sulfide) groups is 1. The number of nitrogens with one attached hydrogen (secondary N) is 1. The van der Waals surface area contributed by atoms with Crippen molar-refractivity contribution in [1.29, 1.82) is 0 Å². The lowest BCUT2D eigenvalue weighted by molar-refractivity contribution is -0.128. The fraction of sp³-hybridized carbons (Fsp3) is 0.571. The highest BCUT2D eigenvalue weighted by Crippen LogP contribution is 2.29. The third-order valence-corrected chi connectivity index (χ3v) is 6.18. The second kappa shape index (κ2) is 10.5. The summed E-state index contributed by atoms with van der Waals surface area (Å²) in [4.78, 5) is 19.1. The average Bonchev–Trinajstić information content (AvgIpc) is 3.42. The van der Waals surface area contributed by atoms with Crippen molar-refractivity contribution in [3.8, 4) is 11.5 Å². The molecule has 29 heavy (non-hydrogen) atoms. The molecule has 2 aromatic rings. The summed E-state index contributed by atoms with van der Waals surface area (Å²) in [5.41, 5.74) is 1.000. The van der Waals surface area contributed by atoms with E-state index in [2.05, 4.69) is 15.2 Å². The molecule has 1 amide bonds. The molecule has 0 bridgehead atoms. The number of rotatable bonds is 10. The predicted octanol–water partition coefficient (Wildman–Crippen LogP) is 3.70. The topological polar surface area (TPSA) is 80.3 Å². The first-order chi connectivity index (χ1) is 14.1. The molecule has 0 atom stereocenters. The van der Waals surface area contributed by atoms with Crippen molar-refractivity contribution in [2.75, 3.05) is 26.5 Å². The first-order valence-corrected chi connectivity index (χ1v) is 11.1. The molecule has 1 N–H and O–H groups in total. The van der Waals surface area contributed by atoms with Crippen molar-refractivity contribution in [3.05, 3.63) is 29.6 Å². The Labute approximate surface area is 176 Å². The molecule has 0 radical (unpaired) electrons. The Hall–Kier alpha value is -2.22. The molecule has 1 aliphatic carbocycles. The number of hydrogen-bond donors (Lipinski definition) is 1. The SMILES string of the molecule is CCN(Cc1ccc(OC)c(OC)c1)C(=O)CSc1n[nH]c(CC2CCCC2)n1. The number of amides is 1. The first-order valence-electron chi connectivity index (χ1n) is 10.2. The summed E-state index contributed by atoms with van der Waals surface area (Å²) in [7, 11) is 3.22. The minimum atomic E-state index is 0.0643. The Bertz CT molecular complexity index is 805. The van der Waals surface area contributed by atoms with Crippen LogP contribution in [0, 0.1) is 5.92 Å². The normalized spacial score (nSPS) is 14.2. The molecular weight excluding hydrogens is 388 g/mol. The van der Waals surface area contributed by atoms with Crippen LogP contribution in [0.1, 0.15) is 44.0 Å². The number of carbonyl (C=O) groups excluding carboxylic acids is 1. The number of aromatic nitrogens is 3. The number of H-pyrrole nitrogens is 1. The summed E-state index contributed by atoms with van der Waals surface area (Å²) >= 11 is 1.39.